The zero-order valence-corrected chi connectivity index (χ0v) is 12.2. The summed E-state index contributed by atoms with van der Waals surface area (Å²) in [6.07, 6.45) is 0.875. The second kappa shape index (κ2) is 5.30. The van der Waals surface area contributed by atoms with Crippen molar-refractivity contribution in [2.45, 2.75) is 26.7 Å². The van der Waals surface area contributed by atoms with Gasteiger partial charge in [-0.05, 0) is 42.5 Å². The summed E-state index contributed by atoms with van der Waals surface area (Å²) in [4.78, 5) is 0. The van der Waals surface area contributed by atoms with Crippen LogP contribution in [0.4, 0.5) is 17.6 Å². The van der Waals surface area contributed by atoms with Gasteiger partial charge in [0, 0.05) is 11.1 Å². The fraction of sp³-hybridized carbons (Fsp3) is 0.294. The molecular weight excluding hydrogens is 296 g/mol. The molecule has 2 aromatic carbocycles. The summed E-state index contributed by atoms with van der Waals surface area (Å²) in [6, 6.07) is 2.84. The van der Waals surface area contributed by atoms with E-state index in [2.05, 4.69) is 0 Å². The van der Waals surface area contributed by atoms with Gasteiger partial charge in [0.2, 0.25) is 5.82 Å². The van der Waals surface area contributed by atoms with E-state index in [9.17, 15) is 17.6 Å². The molecule has 0 saturated carbocycles. The molecule has 0 spiro atoms. The molecule has 2 aromatic rings. The van der Waals surface area contributed by atoms with E-state index in [0.29, 0.717) is 17.5 Å². The Kier molecular flexibility index (Phi) is 3.59. The van der Waals surface area contributed by atoms with E-state index in [-0.39, 0.29) is 35.5 Å². The Bertz CT molecular complexity index is 768. The lowest BCUT2D eigenvalue weighted by Crippen LogP contribution is -2.02. The molecular formula is C17H14F4O. The topological polar surface area (TPSA) is 9.23 Å². The van der Waals surface area contributed by atoms with Crippen LogP contribution in [0.15, 0.2) is 12.1 Å². The summed E-state index contributed by atoms with van der Waals surface area (Å²) >= 11 is 0. The van der Waals surface area contributed by atoms with Crippen molar-refractivity contribution in [1.29, 1.82) is 0 Å². The summed E-state index contributed by atoms with van der Waals surface area (Å²) in [5.74, 6) is -4.71. The van der Waals surface area contributed by atoms with Crippen molar-refractivity contribution < 1.29 is 22.3 Å². The highest BCUT2D eigenvalue weighted by molar-refractivity contribution is 5.79. The first kappa shape index (κ1) is 14.9. The van der Waals surface area contributed by atoms with Gasteiger partial charge in [-0.25, -0.2) is 13.2 Å². The van der Waals surface area contributed by atoms with Gasteiger partial charge in [-0.3, -0.25) is 0 Å². The van der Waals surface area contributed by atoms with Crippen molar-refractivity contribution in [3.8, 4) is 16.9 Å². The second-order valence-electron chi connectivity index (χ2n) is 5.42. The van der Waals surface area contributed by atoms with Gasteiger partial charge in [-0.2, -0.15) is 4.39 Å². The minimum atomic E-state index is -1.19. The van der Waals surface area contributed by atoms with Gasteiger partial charge < -0.3 is 4.74 Å². The minimum Gasteiger partial charge on any atom is -0.490 e. The van der Waals surface area contributed by atoms with E-state index in [4.69, 9.17) is 4.74 Å². The molecule has 1 aliphatic carbocycles. The van der Waals surface area contributed by atoms with Crippen LogP contribution in [0.3, 0.4) is 0 Å². The van der Waals surface area contributed by atoms with Crippen LogP contribution < -0.4 is 4.74 Å². The van der Waals surface area contributed by atoms with Gasteiger partial charge in [0.05, 0.1) is 6.61 Å². The first-order valence-electron chi connectivity index (χ1n) is 7.07. The predicted octanol–water partition coefficient (Wildman–Crippen LogP) is 4.91. The number of hydrogen-bond acceptors (Lipinski definition) is 1. The number of fused-ring (bicyclic) bond motifs is 3. The molecule has 0 aliphatic heterocycles. The van der Waals surface area contributed by atoms with Gasteiger partial charge in [0.25, 0.3) is 0 Å². The Balaban J connectivity index is 2.20. The molecule has 0 radical (unpaired) electrons. The van der Waals surface area contributed by atoms with E-state index in [0.717, 1.165) is 0 Å². The molecule has 0 atom stereocenters. The number of hydrogen-bond donors (Lipinski definition) is 0. The number of aryl methyl sites for hydroxylation is 1. The highest BCUT2D eigenvalue weighted by Crippen LogP contribution is 2.44. The highest BCUT2D eigenvalue weighted by atomic mass is 19.2. The molecule has 0 unspecified atom stereocenters. The van der Waals surface area contributed by atoms with E-state index in [1.165, 1.54) is 19.1 Å². The Morgan fingerprint density at radius 2 is 1.50 bits per heavy atom. The van der Waals surface area contributed by atoms with Crippen LogP contribution in [0.2, 0.25) is 0 Å². The van der Waals surface area contributed by atoms with Gasteiger partial charge >= 0.3 is 0 Å². The molecule has 0 N–H and O–H groups in total. The lowest BCUT2D eigenvalue weighted by atomic mass is 10.0. The molecule has 22 heavy (non-hydrogen) atoms. The second-order valence-corrected chi connectivity index (χ2v) is 5.42. The summed E-state index contributed by atoms with van der Waals surface area (Å²) in [7, 11) is 0. The van der Waals surface area contributed by atoms with Crippen molar-refractivity contribution in [2.24, 2.45) is 0 Å². The van der Waals surface area contributed by atoms with Gasteiger partial charge in [0.15, 0.2) is 23.2 Å². The van der Waals surface area contributed by atoms with Crippen molar-refractivity contribution >= 4 is 0 Å². The Morgan fingerprint density at radius 1 is 0.909 bits per heavy atom. The van der Waals surface area contributed by atoms with Crippen LogP contribution in [0.25, 0.3) is 11.1 Å². The molecule has 1 nitrogen and oxygen atoms in total. The van der Waals surface area contributed by atoms with E-state index < -0.39 is 23.3 Å². The Hall–Kier alpha value is -2.04. The van der Waals surface area contributed by atoms with Crippen molar-refractivity contribution in [2.75, 3.05) is 6.61 Å². The number of halogens is 4. The highest BCUT2D eigenvalue weighted by Gasteiger charge is 2.31. The number of benzene rings is 2. The van der Waals surface area contributed by atoms with Crippen LogP contribution in [0.5, 0.6) is 5.75 Å². The van der Waals surface area contributed by atoms with E-state index in [1.54, 1.807) is 0 Å². The Morgan fingerprint density at radius 3 is 2.14 bits per heavy atom. The first-order valence-corrected chi connectivity index (χ1v) is 7.07. The van der Waals surface area contributed by atoms with Crippen LogP contribution in [-0.4, -0.2) is 6.61 Å². The largest absolute Gasteiger partial charge is 0.490 e. The predicted molar refractivity (Wildman–Crippen MR) is 75.0 cm³/mol. The minimum absolute atomic E-state index is 0.146. The van der Waals surface area contributed by atoms with Gasteiger partial charge in [0.1, 0.15) is 0 Å². The fourth-order valence-electron chi connectivity index (χ4n) is 2.82. The smallest absolute Gasteiger partial charge is 0.201 e. The summed E-state index contributed by atoms with van der Waals surface area (Å²) in [6.45, 7) is 3.54. The van der Waals surface area contributed by atoms with Crippen molar-refractivity contribution in [3.05, 3.63) is 52.1 Å². The lowest BCUT2D eigenvalue weighted by molar-refractivity contribution is 0.295. The van der Waals surface area contributed by atoms with Gasteiger partial charge in [-0.1, -0.05) is 13.0 Å². The zero-order chi connectivity index (χ0) is 16.0. The van der Waals surface area contributed by atoms with Crippen LogP contribution >= 0.6 is 0 Å². The van der Waals surface area contributed by atoms with Crippen molar-refractivity contribution in [3.63, 3.8) is 0 Å². The molecule has 0 aromatic heterocycles. The quantitative estimate of drug-likeness (QED) is 0.624. The van der Waals surface area contributed by atoms with E-state index in [1.807, 2.05) is 6.92 Å². The molecule has 3 rings (SSSR count). The molecule has 0 amide bonds. The SMILES string of the molecule is CCCOc1cc2c(c(F)c1F)-c1c(cc(C)c(F)c1F)C2. The van der Waals surface area contributed by atoms with Crippen LogP contribution in [0, 0.1) is 30.2 Å². The normalized spacial score (nSPS) is 12.3. The summed E-state index contributed by atoms with van der Waals surface area (Å²) < 4.78 is 61.5. The third-order valence-electron chi connectivity index (χ3n) is 3.82. The number of rotatable bonds is 3. The monoisotopic (exact) mass is 310 g/mol. The lowest BCUT2D eigenvalue weighted by Gasteiger charge is -2.11. The Labute approximate surface area is 125 Å². The molecule has 0 saturated heterocycles. The summed E-state index contributed by atoms with van der Waals surface area (Å²) in [5, 5.41) is 0. The molecule has 0 heterocycles. The third kappa shape index (κ3) is 2.07. The molecule has 116 valence electrons. The van der Waals surface area contributed by atoms with E-state index >= 15 is 0 Å². The molecule has 1 aliphatic rings. The third-order valence-corrected chi connectivity index (χ3v) is 3.82. The standard InChI is InChI=1S/C17H14F4O/c1-3-4-22-11-7-10-6-9-5-8(2)14(18)16(20)12(9)13(10)17(21)15(11)19/h5,7H,3-4,6H2,1-2H3. The summed E-state index contributed by atoms with van der Waals surface area (Å²) in [5.41, 5.74) is 0.623. The average molecular weight is 310 g/mol. The average Bonchev–Trinajstić information content (AvgIpc) is 2.85. The zero-order valence-electron chi connectivity index (χ0n) is 12.2. The maximum atomic E-state index is 14.3. The van der Waals surface area contributed by atoms with Gasteiger partial charge in [-0.15, -0.1) is 0 Å². The van der Waals surface area contributed by atoms with Crippen molar-refractivity contribution in [1.82, 2.24) is 0 Å². The van der Waals surface area contributed by atoms with Crippen LogP contribution in [-0.2, 0) is 6.42 Å². The van der Waals surface area contributed by atoms with Crippen LogP contribution in [0.1, 0.15) is 30.0 Å². The molecule has 0 fully saturated rings. The number of ether oxygens (including phenoxy) is 1. The molecule has 0 bridgehead atoms. The fourth-order valence-corrected chi connectivity index (χ4v) is 2.82. The maximum Gasteiger partial charge on any atom is 0.201 e. The first-order chi connectivity index (χ1) is 10.5. The molecule has 5 heteroatoms. The maximum absolute atomic E-state index is 14.3.